The number of thiophene rings is 1. The zero-order valence-electron chi connectivity index (χ0n) is 14.2. The number of halogens is 1. The van der Waals surface area contributed by atoms with Crippen LogP contribution in [0.25, 0.3) is 0 Å². The van der Waals surface area contributed by atoms with Crippen LogP contribution in [-0.2, 0) is 14.8 Å². The molecule has 1 aromatic heterocycles. The van der Waals surface area contributed by atoms with Crippen molar-refractivity contribution < 1.29 is 22.7 Å². The van der Waals surface area contributed by atoms with E-state index >= 15 is 0 Å². The predicted molar refractivity (Wildman–Crippen MR) is 101 cm³/mol. The maximum absolute atomic E-state index is 12.8. The summed E-state index contributed by atoms with van der Waals surface area (Å²) in [4.78, 5) is 13.0. The molecule has 1 N–H and O–H groups in total. The molecule has 136 valence electrons. The van der Waals surface area contributed by atoms with Crippen LogP contribution in [0.15, 0.2) is 27.6 Å². The van der Waals surface area contributed by atoms with Gasteiger partial charge < -0.3 is 9.47 Å². The van der Waals surface area contributed by atoms with Gasteiger partial charge in [-0.1, -0.05) is 15.9 Å². The highest BCUT2D eigenvalue weighted by Gasteiger charge is 2.26. The first kappa shape index (κ1) is 19.7. The Bertz CT molecular complexity index is 905. The molecule has 2 rings (SSSR count). The van der Waals surface area contributed by atoms with Crippen molar-refractivity contribution in [3.8, 4) is 5.75 Å². The topological polar surface area (TPSA) is 81.7 Å². The van der Waals surface area contributed by atoms with Crippen LogP contribution in [0.4, 0.5) is 5.00 Å². The summed E-state index contributed by atoms with van der Waals surface area (Å²) >= 11 is 4.45. The highest BCUT2D eigenvalue weighted by molar-refractivity contribution is 9.10. The summed E-state index contributed by atoms with van der Waals surface area (Å²) in [5.41, 5.74) is 0.934. The summed E-state index contributed by atoms with van der Waals surface area (Å²) in [6.45, 7) is 5.48. The Morgan fingerprint density at radius 2 is 2.00 bits per heavy atom. The highest BCUT2D eigenvalue weighted by atomic mass is 79.9. The molecule has 0 radical (unpaired) electrons. The second-order valence-corrected chi connectivity index (χ2v) is 8.90. The van der Waals surface area contributed by atoms with Crippen LogP contribution >= 0.6 is 27.3 Å². The van der Waals surface area contributed by atoms with Crippen LogP contribution < -0.4 is 9.46 Å². The lowest BCUT2D eigenvalue weighted by Crippen LogP contribution is -2.16. The minimum absolute atomic E-state index is 0.0251. The molecule has 0 bridgehead atoms. The Labute approximate surface area is 159 Å². The Morgan fingerprint density at radius 3 is 2.60 bits per heavy atom. The van der Waals surface area contributed by atoms with E-state index in [4.69, 9.17) is 9.47 Å². The smallest absolute Gasteiger partial charge is 0.341 e. The van der Waals surface area contributed by atoms with E-state index in [2.05, 4.69) is 20.7 Å². The number of methoxy groups -OCH3 is 1. The second kappa shape index (κ2) is 7.76. The number of hydrogen-bond acceptors (Lipinski definition) is 6. The molecular formula is C16H18BrNO5S2. The lowest BCUT2D eigenvalue weighted by Gasteiger charge is -2.12. The number of benzene rings is 1. The molecular weight excluding hydrogens is 430 g/mol. The number of esters is 1. The fourth-order valence-electron chi connectivity index (χ4n) is 2.19. The average Bonchev–Trinajstić information content (AvgIpc) is 2.81. The summed E-state index contributed by atoms with van der Waals surface area (Å²) in [6, 6.07) is 4.68. The summed E-state index contributed by atoms with van der Waals surface area (Å²) in [7, 11) is -2.56. The fraction of sp³-hybridized carbons (Fsp3) is 0.312. The van der Waals surface area contributed by atoms with E-state index in [1.807, 2.05) is 6.92 Å². The van der Waals surface area contributed by atoms with Crippen molar-refractivity contribution in [2.45, 2.75) is 25.7 Å². The minimum Gasteiger partial charge on any atom is -0.495 e. The number of ether oxygens (including phenoxy) is 2. The Balaban J connectivity index is 2.51. The van der Waals surface area contributed by atoms with Crippen LogP contribution in [0.1, 0.15) is 27.7 Å². The van der Waals surface area contributed by atoms with Crippen molar-refractivity contribution in [2.75, 3.05) is 18.4 Å². The number of nitrogens with one attached hydrogen (secondary N) is 1. The molecule has 25 heavy (non-hydrogen) atoms. The maximum atomic E-state index is 12.8. The molecule has 0 unspecified atom stereocenters. The first-order valence-corrected chi connectivity index (χ1v) is 10.4. The molecule has 0 saturated heterocycles. The molecule has 0 atom stereocenters. The molecule has 0 aliphatic carbocycles. The number of hydrogen-bond donors (Lipinski definition) is 1. The fourth-order valence-corrected chi connectivity index (χ4v) is 5.25. The first-order valence-electron chi connectivity index (χ1n) is 7.34. The predicted octanol–water partition coefficient (Wildman–Crippen LogP) is 4.11. The van der Waals surface area contributed by atoms with E-state index in [1.54, 1.807) is 26.0 Å². The van der Waals surface area contributed by atoms with Crippen molar-refractivity contribution in [1.82, 2.24) is 0 Å². The van der Waals surface area contributed by atoms with Crippen molar-refractivity contribution in [1.29, 1.82) is 0 Å². The normalized spacial score (nSPS) is 11.2. The Hall–Kier alpha value is -1.58. The van der Waals surface area contributed by atoms with Gasteiger partial charge in [-0.2, -0.15) is 0 Å². The quantitative estimate of drug-likeness (QED) is 0.673. The first-order chi connectivity index (χ1) is 11.7. The van der Waals surface area contributed by atoms with Gasteiger partial charge in [0.2, 0.25) is 0 Å². The van der Waals surface area contributed by atoms with E-state index in [9.17, 15) is 13.2 Å². The molecule has 0 aliphatic rings. The van der Waals surface area contributed by atoms with Gasteiger partial charge in [0.05, 0.1) is 19.3 Å². The SMILES string of the molecule is CCOC(=O)c1c(NS(=O)(=O)c2cc(Br)ccc2OC)sc(C)c1C. The van der Waals surface area contributed by atoms with Crippen molar-refractivity contribution in [3.63, 3.8) is 0 Å². The maximum Gasteiger partial charge on any atom is 0.341 e. The zero-order chi connectivity index (χ0) is 18.8. The summed E-state index contributed by atoms with van der Waals surface area (Å²) in [6.07, 6.45) is 0. The largest absolute Gasteiger partial charge is 0.495 e. The minimum atomic E-state index is -3.96. The van der Waals surface area contributed by atoms with Gasteiger partial charge in [0, 0.05) is 9.35 Å². The third-order valence-electron chi connectivity index (χ3n) is 3.51. The van der Waals surface area contributed by atoms with Gasteiger partial charge in [0.15, 0.2) is 0 Å². The average molecular weight is 448 g/mol. The van der Waals surface area contributed by atoms with Gasteiger partial charge in [-0.25, -0.2) is 13.2 Å². The molecule has 1 aromatic carbocycles. The van der Waals surface area contributed by atoms with E-state index < -0.39 is 16.0 Å². The second-order valence-electron chi connectivity index (χ2n) is 5.11. The number of rotatable bonds is 6. The molecule has 0 fully saturated rings. The molecule has 0 amide bonds. The molecule has 0 spiro atoms. The van der Waals surface area contributed by atoms with Crippen LogP contribution in [-0.4, -0.2) is 28.1 Å². The van der Waals surface area contributed by atoms with Crippen LogP contribution in [0.5, 0.6) is 5.75 Å². The molecule has 0 aliphatic heterocycles. The lowest BCUT2D eigenvalue weighted by molar-refractivity contribution is 0.0527. The van der Waals surface area contributed by atoms with Gasteiger partial charge >= 0.3 is 5.97 Å². The van der Waals surface area contributed by atoms with E-state index in [0.717, 1.165) is 4.88 Å². The number of carbonyl (C=O) groups excluding carboxylic acids is 1. The van der Waals surface area contributed by atoms with Crippen LogP contribution in [0.2, 0.25) is 0 Å². The van der Waals surface area contributed by atoms with Crippen LogP contribution in [0, 0.1) is 13.8 Å². The number of sulfonamides is 1. The molecule has 0 saturated carbocycles. The molecule has 9 heteroatoms. The van der Waals surface area contributed by atoms with Crippen LogP contribution in [0.3, 0.4) is 0 Å². The third-order valence-corrected chi connectivity index (χ3v) is 6.62. The highest BCUT2D eigenvalue weighted by Crippen LogP contribution is 2.36. The standard InChI is InChI=1S/C16H18BrNO5S2/c1-5-23-16(19)14-9(2)10(3)24-15(14)18-25(20,21)13-8-11(17)6-7-12(13)22-4/h6-8,18H,5H2,1-4H3. The third kappa shape index (κ3) is 4.16. The summed E-state index contributed by atoms with van der Waals surface area (Å²) in [5, 5.41) is 0.232. The number of anilines is 1. The summed E-state index contributed by atoms with van der Waals surface area (Å²) < 4.78 is 38.9. The van der Waals surface area contributed by atoms with E-state index in [1.165, 1.54) is 24.5 Å². The number of carbonyl (C=O) groups is 1. The lowest BCUT2D eigenvalue weighted by atomic mass is 10.2. The Kier molecular flexibility index (Phi) is 6.12. The van der Waals surface area contributed by atoms with E-state index in [0.29, 0.717) is 10.0 Å². The zero-order valence-corrected chi connectivity index (χ0v) is 17.4. The van der Waals surface area contributed by atoms with E-state index in [-0.39, 0.29) is 27.8 Å². The summed E-state index contributed by atoms with van der Waals surface area (Å²) in [5.74, 6) is -0.346. The monoisotopic (exact) mass is 447 g/mol. The Morgan fingerprint density at radius 1 is 1.32 bits per heavy atom. The van der Waals surface area contributed by atoms with Crippen molar-refractivity contribution in [3.05, 3.63) is 38.7 Å². The van der Waals surface area contributed by atoms with Gasteiger partial charge in [0.25, 0.3) is 10.0 Å². The molecule has 6 nitrogen and oxygen atoms in total. The van der Waals surface area contributed by atoms with Gasteiger partial charge in [-0.15, -0.1) is 11.3 Å². The van der Waals surface area contributed by atoms with Gasteiger partial charge in [-0.05, 0) is 44.5 Å². The number of aryl methyl sites for hydroxylation is 1. The van der Waals surface area contributed by atoms with Gasteiger partial charge in [-0.3, -0.25) is 4.72 Å². The molecule has 2 aromatic rings. The molecule has 1 heterocycles. The van der Waals surface area contributed by atoms with Crippen molar-refractivity contribution >= 4 is 48.3 Å². The van der Waals surface area contributed by atoms with Crippen molar-refractivity contribution in [2.24, 2.45) is 0 Å². The van der Waals surface area contributed by atoms with Gasteiger partial charge in [0.1, 0.15) is 15.6 Å².